The van der Waals surface area contributed by atoms with Crippen molar-refractivity contribution in [1.29, 1.82) is 0 Å². The summed E-state index contributed by atoms with van der Waals surface area (Å²) in [6.45, 7) is 1.18. The highest BCUT2D eigenvalue weighted by atomic mass is 32.2. The maximum Gasteiger partial charge on any atom is 0.332 e. The highest BCUT2D eigenvalue weighted by molar-refractivity contribution is 8.00. The maximum absolute atomic E-state index is 11.7. The number of carbonyl (C=O) groups is 3. The molecule has 6 nitrogen and oxygen atoms in total. The summed E-state index contributed by atoms with van der Waals surface area (Å²) in [5.41, 5.74) is 6.19. The molecule has 98 valence electrons. The van der Waals surface area contributed by atoms with Gasteiger partial charge in [-0.25, -0.2) is 4.79 Å². The summed E-state index contributed by atoms with van der Waals surface area (Å²) in [5.74, 6) is -2.08. The minimum Gasteiger partial charge on any atom is -0.478 e. The monoisotopic (exact) mass is 271 g/mol. The van der Waals surface area contributed by atoms with Crippen molar-refractivity contribution in [3.05, 3.63) is 11.1 Å². The van der Waals surface area contributed by atoms with Crippen molar-refractivity contribution in [3.63, 3.8) is 0 Å². The fourth-order valence-corrected chi connectivity index (χ4v) is 3.65. The van der Waals surface area contributed by atoms with Crippen LogP contribution in [-0.4, -0.2) is 46.5 Å². The van der Waals surface area contributed by atoms with E-state index in [9.17, 15) is 19.5 Å². The summed E-state index contributed by atoms with van der Waals surface area (Å²) in [7, 11) is 0. The molecule has 1 aliphatic heterocycles. The molecule has 1 saturated carbocycles. The van der Waals surface area contributed by atoms with E-state index < -0.39 is 23.9 Å². The number of aliphatic carboxylic acids is 1. The molecular weight excluding hydrogens is 258 g/mol. The number of nitrogens with two attached hydrogens (primary N) is 1. The van der Waals surface area contributed by atoms with Gasteiger partial charge in [0.1, 0.15) is 6.61 Å². The van der Waals surface area contributed by atoms with Crippen LogP contribution in [0, 0.1) is 5.92 Å². The number of carboxylic acids is 1. The molecule has 1 aliphatic carbocycles. The SMILES string of the molecule is CC(=O)OCC1=C(C(=O)O)C2C(=O)[C@H](N)[C@@H]2SC1. The number of Topliss-reactive ketones (excluding diaryl/α,β-unsaturated/α-hetero) is 1. The van der Waals surface area contributed by atoms with Crippen LogP contribution in [0.4, 0.5) is 0 Å². The molecule has 2 rings (SSSR count). The fraction of sp³-hybridized carbons (Fsp3) is 0.545. The molecule has 0 bridgehead atoms. The minimum atomic E-state index is -1.13. The third-order valence-electron chi connectivity index (χ3n) is 3.14. The van der Waals surface area contributed by atoms with Gasteiger partial charge in [-0.15, -0.1) is 0 Å². The normalized spacial score (nSPS) is 30.6. The molecule has 0 radical (unpaired) electrons. The van der Waals surface area contributed by atoms with E-state index in [0.29, 0.717) is 11.3 Å². The Bertz CT molecular complexity index is 458. The average molecular weight is 271 g/mol. The molecule has 1 unspecified atom stereocenters. The zero-order chi connectivity index (χ0) is 13.4. The number of esters is 1. The van der Waals surface area contributed by atoms with Gasteiger partial charge in [-0.05, 0) is 5.57 Å². The molecule has 0 aromatic carbocycles. The Morgan fingerprint density at radius 1 is 1.56 bits per heavy atom. The number of carboxylic acid groups (broad SMARTS) is 1. The maximum atomic E-state index is 11.7. The second kappa shape index (κ2) is 4.74. The molecule has 0 aromatic rings. The van der Waals surface area contributed by atoms with E-state index in [-0.39, 0.29) is 23.2 Å². The first kappa shape index (κ1) is 13.1. The number of rotatable bonds is 3. The van der Waals surface area contributed by atoms with Gasteiger partial charge in [0.2, 0.25) is 0 Å². The van der Waals surface area contributed by atoms with E-state index in [1.165, 1.54) is 18.7 Å². The van der Waals surface area contributed by atoms with Crippen LogP contribution in [0.25, 0.3) is 0 Å². The van der Waals surface area contributed by atoms with Gasteiger partial charge in [-0.3, -0.25) is 9.59 Å². The van der Waals surface area contributed by atoms with Gasteiger partial charge in [-0.1, -0.05) is 0 Å². The lowest BCUT2D eigenvalue weighted by Gasteiger charge is -2.44. The minimum absolute atomic E-state index is 0.0618. The Kier molecular flexibility index (Phi) is 3.45. The van der Waals surface area contributed by atoms with Crippen molar-refractivity contribution in [3.8, 4) is 0 Å². The van der Waals surface area contributed by atoms with Crippen LogP contribution in [0.1, 0.15) is 6.92 Å². The lowest BCUT2D eigenvalue weighted by Crippen LogP contribution is -2.62. The Labute approximate surface area is 108 Å². The highest BCUT2D eigenvalue weighted by Crippen LogP contribution is 2.44. The van der Waals surface area contributed by atoms with E-state index in [1.54, 1.807) is 0 Å². The van der Waals surface area contributed by atoms with Gasteiger partial charge in [0.15, 0.2) is 5.78 Å². The van der Waals surface area contributed by atoms with Crippen molar-refractivity contribution in [2.24, 2.45) is 11.7 Å². The van der Waals surface area contributed by atoms with E-state index >= 15 is 0 Å². The first-order chi connectivity index (χ1) is 8.43. The summed E-state index contributed by atoms with van der Waals surface area (Å²) in [4.78, 5) is 33.7. The quantitative estimate of drug-likeness (QED) is 0.671. The topological polar surface area (TPSA) is 107 Å². The zero-order valence-corrected chi connectivity index (χ0v) is 10.5. The molecule has 2 aliphatic rings. The molecule has 1 heterocycles. The number of thioether (sulfide) groups is 1. The predicted octanol–water partition coefficient (Wildman–Crippen LogP) is -0.428. The van der Waals surface area contributed by atoms with Gasteiger partial charge in [0, 0.05) is 17.9 Å². The highest BCUT2D eigenvalue weighted by Gasteiger charge is 2.54. The largest absolute Gasteiger partial charge is 0.478 e. The van der Waals surface area contributed by atoms with Crippen molar-refractivity contribution in [1.82, 2.24) is 0 Å². The number of ketones is 1. The van der Waals surface area contributed by atoms with Crippen LogP contribution >= 0.6 is 11.8 Å². The summed E-state index contributed by atoms with van der Waals surface area (Å²) in [6.07, 6.45) is 0. The van der Waals surface area contributed by atoms with Gasteiger partial charge in [0.25, 0.3) is 0 Å². The third-order valence-corrected chi connectivity index (χ3v) is 4.60. The lowest BCUT2D eigenvalue weighted by atomic mass is 9.72. The lowest BCUT2D eigenvalue weighted by molar-refractivity contribution is -0.141. The van der Waals surface area contributed by atoms with Crippen molar-refractivity contribution < 1.29 is 24.2 Å². The van der Waals surface area contributed by atoms with Crippen molar-refractivity contribution in [2.75, 3.05) is 12.4 Å². The summed E-state index contributed by atoms with van der Waals surface area (Å²) >= 11 is 1.45. The molecule has 18 heavy (non-hydrogen) atoms. The fourth-order valence-electron chi connectivity index (χ4n) is 2.21. The third kappa shape index (κ3) is 2.04. The van der Waals surface area contributed by atoms with E-state index in [2.05, 4.69) is 0 Å². The van der Waals surface area contributed by atoms with E-state index in [4.69, 9.17) is 10.5 Å². The van der Waals surface area contributed by atoms with Gasteiger partial charge >= 0.3 is 11.9 Å². The Balaban J connectivity index is 2.26. The number of ether oxygens (including phenoxy) is 1. The number of carbonyl (C=O) groups excluding carboxylic acids is 2. The van der Waals surface area contributed by atoms with E-state index in [1.807, 2.05) is 0 Å². The molecule has 1 fully saturated rings. The van der Waals surface area contributed by atoms with Crippen LogP contribution in [0.2, 0.25) is 0 Å². The second-order valence-electron chi connectivity index (χ2n) is 4.28. The number of hydrogen-bond donors (Lipinski definition) is 2. The van der Waals surface area contributed by atoms with E-state index in [0.717, 1.165) is 0 Å². The van der Waals surface area contributed by atoms with Crippen LogP contribution in [0.15, 0.2) is 11.1 Å². The number of fused-ring (bicyclic) bond motifs is 1. The van der Waals surface area contributed by atoms with Crippen LogP contribution < -0.4 is 5.73 Å². The molecule has 7 heteroatoms. The molecule has 3 atom stereocenters. The molecule has 0 saturated heterocycles. The van der Waals surface area contributed by atoms with Crippen molar-refractivity contribution in [2.45, 2.75) is 18.2 Å². The molecule has 0 amide bonds. The Morgan fingerprint density at radius 2 is 2.22 bits per heavy atom. The first-order valence-electron chi connectivity index (χ1n) is 5.43. The Morgan fingerprint density at radius 3 is 2.78 bits per heavy atom. The van der Waals surface area contributed by atoms with Gasteiger partial charge in [0.05, 0.1) is 17.5 Å². The van der Waals surface area contributed by atoms with Crippen LogP contribution in [0.5, 0.6) is 0 Å². The van der Waals surface area contributed by atoms with Crippen LogP contribution in [-0.2, 0) is 19.1 Å². The standard InChI is InChI=1S/C11H13NO5S/c1-4(13)17-2-5-3-18-10-7(6(5)11(15)16)9(14)8(10)12/h7-8,10H,2-3,12H2,1H3,(H,15,16)/t7?,8-,10+/m0/s1. The second-order valence-corrected chi connectivity index (χ2v) is 5.45. The summed E-state index contributed by atoms with van der Waals surface area (Å²) in [5, 5.41) is 9.04. The molecule has 0 spiro atoms. The zero-order valence-electron chi connectivity index (χ0n) is 9.71. The Hall–Kier alpha value is -1.34. The number of hydrogen-bond acceptors (Lipinski definition) is 6. The van der Waals surface area contributed by atoms with Crippen LogP contribution in [0.3, 0.4) is 0 Å². The molecular formula is C11H13NO5S. The van der Waals surface area contributed by atoms with Crippen molar-refractivity contribution >= 4 is 29.5 Å². The smallest absolute Gasteiger partial charge is 0.332 e. The van der Waals surface area contributed by atoms with Gasteiger partial charge < -0.3 is 15.6 Å². The first-order valence-corrected chi connectivity index (χ1v) is 6.48. The summed E-state index contributed by atoms with van der Waals surface area (Å²) in [6, 6.07) is -0.579. The molecule has 3 N–H and O–H groups in total. The molecule has 0 aromatic heterocycles. The predicted molar refractivity (Wildman–Crippen MR) is 64.0 cm³/mol. The van der Waals surface area contributed by atoms with Gasteiger partial charge in [-0.2, -0.15) is 11.8 Å². The summed E-state index contributed by atoms with van der Waals surface area (Å²) < 4.78 is 4.82. The average Bonchev–Trinajstić information content (AvgIpc) is 2.33.